The summed E-state index contributed by atoms with van der Waals surface area (Å²) in [4.78, 5) is 22.3. The van der Waals surface area contributed by atoms with Crippen LogP contribution in [0.4, 0.5) is 5.69 Å². The van der Waals surface area contributed by atoms with Gasteiger partial charge in [0.2, 0.25) is 0 Å². The number of pyridine rings is 2. The number of anilines is 1. The van der Waals surface area contributed by atoms with Gasteiger partial charge in [-0.25, -0.2) is 0 Å². The smallest absolute Gasteiger partial charge is 0.180 e. The third-order valence-corrected chi connectivity index (χ3v) is 3.18. The van der Waals surface area contributed by atoms with Gasteiger partial charge in [-0.2, -0.15) is 0 Å². The van der Waals surface area contributed by atoms with Crippen LogP contribution in [0.25, 0.3) is 0 Å². The molecule has 104 valence electrons. The molecule has 0 aliphatic carbocycles. The lowest BCUT2D eigenvalue weighted by molar-refractivity contribution is 0.0983. The van der Waals surface area contributed by atoms with E-state index < -0.39 is 0 Å². The van der Waals surface area contributed by atoms with Crippen LogP contribution in [0.2, 0.25) is 0 Å². The lowest BCUT2D eigenvalue weighted by Crippen LogP contribution is -2.22. The molecular weight excluding hydrogens is 250 g/mol. The molecule has 0 aliphatic rings. The average Bonchev–Trinajstić information content (AvgIpc) is 2.53. The second-order valence-corrected chi connectivity index (χ2v) is 4.51. The van der Waals surface area contributed by atoms with E-state index in [-0.39, 0.29) is 5.78 Å². The molecule has 0 fully saturated rings. The Morgan fingerprint density at radius 3 is 2.55 bits per heavy atom. The molecule has 0 amide bonds. The van der Waals surface area contributed by atoms with Crippen molar-refractivity contribution in [2.75, 3.05) is 11.4 Å². The highest BCUT2D eigenvalue weighted by Crippen LogP contribution is 2.16. The van der Waals surface area contributed by atoms with Crippen LogP contribution in [0.1, 0.15) is 36.5 Å². The first-order chi connectivity index (χ1) is 9.74. The summed E-state index contributed by atoms with van der Waals surface area (Å²) in [6, 6.07) is 9.64. The van der Waals surface area contributed by atoms with Gasteiger partial charge in [0, 0.05) is 19.2 Å². The maximum absolute atomic E-state index is 11.6. The molecule has 0 saturated heterocycles. The lowest BCUT2D eigenvalue weighted by Gasteiger charge is -2.22. The highest BCUT2D eigenvalue weighted by atomic mass is 16.1. The van der Waals surface area contributed by atoms with Gasteiger partial charge in [0.15, 0.2) is 5.78 Å². The van der Waals surface area contributed by atoms with E-state index in [1.54, 1.807) is 18.5 Å². The van der Waals surface area contributed by atoms with Gasteiger partial charge < -0.3 is 4.90 Å². The number of hydrogen-bond acceptors (Lipinski definition) is 4. The largest absolute Gasteiger partial charge is 0.365 e. The molecule has 0 aliphatic heterocycles. The van der Waals surface area contributed by atoms with Crippen LogP contribution >= 0.6 is 0 Å². The van der Waals surface area contributed by atoms with Gasteiger partial charge in [0.1, 0.15) is 5.69 Å². The molecule has 0 N–H and O–H groups in total. The lowest BCUT2D eigenvalue weighted by atomic mass is 10.2. The summed E-state index contributed by atoms with van der Waals surface area (Å²) < 4.78 is 0. The van der Waals surface area contributed by atoms with E-state index in [4.69, 9.17) is 0 Å². The van der Waals surface area contributed by atoms with Crippen molar-refractivity contribution in [1.82, 2.24) is 9.97 Å². The van der Waals surface area contributed by atoms with Crippen molar-refractivity contribution in [3.05, 3.63) is 54.1 Å². The van der Waals surface area contributed by atoms with Gasteiger partial charge in [-0.1, -0.05) is 13.0 Å². The van der Waals surface area contributed by atoms with Crippen LogP contribution in [0.5, 0.6) is 0 Å². The van der Waals surface area contributed by atoms with Crippen LogP contribution < -0.4 is 4.90 Å². The van der Waals surface area contributed by atoms with Crippen LogP contribution in [0.15, 0.2) is 42.7 Å². The predicted molar refractivity (Wildman–Crippen MR) is 79.8 cm³/mol. The monoisotopic (exact) mass is 269 g/mol. The fourth-order valence-electron chi connectivity index (χ4n) is 1.99. The molecule has 2 aromatic rings. The van der Waals surface area contributed by atoms with Crippen molar-refractivity contribution in [2.45, 2.75) is 26.8 Å². The number of Topliss-reactive ketones (excluding diaryl/α,β-unsaturated/α-hetero) is 1. The van der Waals surface area contributed by atoms with Gasteiger partial charge in [-0.15, -0.1) is 0 Å². The minimum Gasteiger partial charge on any atom is -0.365 e. The van der Waals surface area contributed by atoms with Crippen molar-refractivity contribution >= 4 is 11.5 Å². The van der Waals surface area contributed by atoms with Crippen LogP contribution in [-0.4, -0.2) is 22.3 Å². The van der Waals surface area contributed by atoms with Gasteiger partial charge in [0.25, 0.3) is 0 Å². The number of carbonyl (C=O) groups excluding carboxylic acids is 1. The second-order valence-electron chi connectivity index (χ2n) is 4.51. The first kappa shape index (κ1) is 14.2. The molecule has 4 heteroatoms. The third kappa shape index (κ3) is 3.41. The van der Waals surface area contributed by atoms with E-state index >= 15 is 0 Å². The van der Waals surface area contributed by atoms with Gasteiger partial charge >= 0.3 is 0 Å². The molecule has 0 spiro atoms. The van der Waals surface area contributed by atoms with Crippen molar-refractivity contribution in [3.63, 3.8) is 0 Å². The number of carbonyl (C=O) groups is 1. The van der Waals surface area contributed by atoms with Crippen LogP contribution in [0, 0.1) is 0 Å². The number of ketones is 1. The Morgan fingerprint density at radius 1 is 1.15 bits per heavy atom. The standard InChI is InChI=1S/C16H19N3O/c1-3-16(20)15-9-8-14(11-18-15)19(4-2)12-13-7-5-6-10-17-13/h5-11H,3-4,12H2,1-2H3. The Balaban J connectivity index is 2.13. The molecule has 0 radical (unpaired) electrons. The molecule has 0 saturated carbocycles. The first-order valence-corrected chi connectivity index (χ1v) is 6.88. The zero-order chi connectivity index (χ0) is 14.4. The number of aromatic nitrogens is 2. The van der Waals surface area contributed by atoms with Gasteiger partial charge in [-0.05, 0) is 31.2 Å². The van der Waals surface area contributed by atoms with E-state index in [9.17, 15) is 4.79 Å². The van der Waals surface area contributed by atoms with Crippen LogP contribution in [0.3, 0.4) is 0 Å². The summed E-state index contributed by atoms with van der Waals surface area (Å²) in [7, 11) is 0. The molecule has 0 bridgehead atoms. The molecule has 0 atom stereocenters. The Hall–Kier alpha value is -2.23. The number of rotatable bonds is 6. The summed E-state index contributed by atoms with van der Waals surface area (Å²) in [5, 5.41) is 0. The molecule has 0 aromatic carbocycles. The average molecular weight is 269 g/mol. The summed E-state index contributed by atoms with van der Waals surface area (Å²) in [6.07, 6.45) is 4.04. The molecule has 2 rings (SSSR count). The minimum atomic E-state index is 0.0734. The zero-order valence-corrected chi connectivity index (χ0v) is 11.9. The predicted octanol–water partition coefficient (Wildman–Crippen LogP) is 3.10. The van der Waals surface area contributed by atoms with Gasteiger partial charge in [-0.3, -0.25) is 14.8 Å². The van der Waals surface area contributed by atoms with Crippen molar-refractivity contribution < 1.29 is 4.79 Å². The minimum absolute atomic E-state index is 0.0734. The SMILES string of the molecule is CCC(=O)c1ccc(N(CC)Cc2ccccn2)cn1. The molecule has 0 unspecified atom stereocenters. The summed E-state index contributed by atoms with van der Waals surface area (Å²) >= 11 is 0. The van der Waals surface area contributed by atoms with Crippen molar-refractivity contribution in [3.8, 4) is 0 Å². The zero-order valence-electron chi connectivity index (χ0n) is 11.9. The Kier molecular flexibility index (Phi) is 4.82. The van der Waals surface area contributed by atoms with E-state index in [0.29, 0.717) is 12.1 Å². The van der Waals surface area contributed by atoms with Crippen molar-refractivity contribution in [2.24, 2.45) is 0 Å². The topological polar surface area (TPSA) is 46.1 Å². The molecule has 20 heavy (non-hydrogen) atoms. The number of hydrogen-bond donors (Lipinski definition) is 0. The highest BCUT2D eigenvalue weighted by molar-refractivity contribution is 5.94. The normalized spacial score (nSPS) is 10.3. The van der Waals surface area contributed by atoms with E-state index in [1.807, 2.05) is 31.2 Å². The first-order valence-electron chi connectivity index (χ1n) is 6.88. The molecule has 4 nitrogen and oxygen atoms in total. The third-order valence-electron chi connectivity index (χ3n) is 3.18. The summed E-state index contributed by atoms with van der Waals surface area (Å²) in [6.45, 7) is 5.53. The molecular formula is C16H19N3O. The van der Waals surface area contributed by atoms with Crippen LogP contribution in [-0.2, 0) is 6.54 Å². The maximum atomic E-state index is 11.6. The van der Waals surface area contributed by atoms with Crippen molar-refractivity contribution in [1.29, 1.82) is 0 Å². The summed E-state index contributed by atoms with van der Waals surface area (Å²) in [5.41, 5.74) is 2.55. The fraction of sp³-hybridized carbons (Fsp3) is 0.312. The highest BCUT2D eigenvalue weighted by Gasteiger charge is 2.09. The fourth-order valence-corrected chi connectivity index (χ4v) is 1.99. The van der Waals surface area contributed by atoms with E-state index in [1.165, 1.54) is 0 Å². The number of nitrogens with zero attached hydrogens (tertiary/aromatic N) is 3. The van der Waals surface area contributed by atoms with E-state index in [0.717, 1.165) is 24.5 Å². The Labute approximate surface area is 119 Å². The summed E-state index contributed by atoms with van der Waals surface area (Å²) in [5.74, 6) is 0.0734. The van der Waals surface area contributed by atoms with Gasteiger partial charge in [0.05, 0.1) is 24.1 Å². The Morgan fingerprint density at radius 2 is 2.00 bits per heavy atom. The van der Waals surface area contributed by atoms with E-state index in [2.05, 4.69) is 21.8 Å². The molecule has 2 aromatic heterocycles. The molecule has 2 heterocycles. The maximum Gasteiger partial charge on any atom is 0.180 e. The second kappa shape index (κ2) is 6.80. The Bertz CT molecular complexity index is 552. The quantitative estimate of drug-likeness (QED) is 0.756.